The molecule has 1 fully saturated rings. The van der Waals surface area contributed by atoms with Gasteiger partial charge in [-0.25, -0.2) is 0 Å². The van der Waals surface area contributed by atoms with Crippen LogP contribution in [0.3, 0.4) is 0 Å². The van der Waals surface area contributed by atoms with Gasteiger partial charge in [-0.3, -0.25) is 9.36 Å². The Balaban J connectivity index is 1.57. The van der Waals surface area contributed by atoms with E-state index in [0.717, 1.165) is 34.5 Å². The maximum Gasteiger partial charge on any atom is 0.233 e. The highest BCUT2D eigenvalue weighted by atomic mass is 32.2. The largest absolute Gasteiger partial charge is 0.497 e. The van der Waals surface area contributed by atoms with E-state index in [1.54, 1.807) is 13.4 Å². The number of amides is 1. The third-order valence-corrected chi connectivity index (χ3v) is 7.14. The first-order valence-corrected chi connectivity index (χ1v) is 12.0. The number of carbonyl (C=O) groups is 1. The van der Waals surface area contributed by atoms with Crippen LogP contribution in [0, 0.1) is 5.92 Å². The van der Waals surface area contributed by atoms with E-state index in [1.165, 1.54) is 31.0 Å². The van der Waals surface area contributed by atoms with Gasteiger partial charge >= 0.3 is 0 Å². The summed E-state index contributed by atoms with van der Waals surface area (Å²) < 4.78 is 12.9. The Morgan fingerprint density at radius 2 is 2.03 bits per heavy atom. The lowest BCUT2D eigenvalue weighted by atomic mass is 9.85. The number of rotatable bonds is 8. The Morgan fingerprint density at radius 1 is 1.25 bits per heavy atom. The highest BCUT2D eigenvalue weighted by Gasteiger charge is 2.30. The number of nitrogens with zero attached hydrogens (tertiary/aromatic N) is 3. The topological polar surface area (TPSA) is 82.2 Å². The molecule has 0 spiro atoms. The number of benzene rings is 1. The summed E-state index contributed by atoms with van der Waals surface area (Å²) in [6, 6.07) is 11.9. The highest BCUT2D eigenvalue weighted by molar-refractivity contribution is 8.00. The minimum absolute atomic E-state index is 0.0522. The molecule has 4 rings (SSSR count). The molecule has 8 heteroatoms. The lowest BCUT2D eigenvalue weighted by Crippen LogP contribution is -2.31. The Bertz CT molecular complexity index is 1020. The molecule has 7 nitrogen and oxygen atoms in total. The zero-order valence-electron chi connectivity index (χ0n) is 18.8. The van der Waals surface area contributed by atoms with Crippen molar-refractivity contribution >= 4 is 17.7 Å². The van der Waals surface area contributed by atoms with E-state index in [-0.39, 0.29) is 11.2 Å². The van der Waals surface area contributed by atoms with Crippen LogP contribution in [0.1, 0.15) is 51.3 Å². The quantitative estimate of drug-likeness (QED) is 0.477. The molecule has 2 aromatic heterocycles. The predicted molar refractivity (Wildman–Crippen MR) is 125 cm³/mol. The van der Waals surface area contributed by atoms with Crippen LogP contribution in [-0.2, 0) is 11.3 Å². The fourth-order valence-corrected chi connectivity index (χ4v) is 5.15. The van der Waals surface area contributed by atoms with Crippen LogP contribution >= 0.6 is 11.8 Å². The third kappa shape index (κ3) is 5.01. The fourth-order valence-electron chi connectivity index (χ4n) is 4.22. The van der Waals surface area contributed by atoms with Crippen LogP contribution in [0.4, 0.5) is 0 Å². The second-order valence-corrected chi connectivity index (χ2v) is 9.60. The number of ether oxygens (including phenoxy) is 1. The number of hydrogen-bond acceptors (Lipinski definition) is 6. The number of nitrogens with one attached hydrogen (secondary N) is 1. The molecule has 0 aliphatic heterocycles. The first kappa shape index (κ1) is 22.5. The fraction of sp³-hybridized carbons (Fsp3) is 0.458. The summed E-state index contributed by atoms with van der Waals surface area (Å²) in [5, 5.41) is 12.5. The van der Waals surface area contributed by atoms with Crippen LogP contribution in [0.5, 0.6) is 5.75 Å². The molecule has 3 atom stereocenters. The van der Waals surface area contributed by atoms with Crippen molar-refractivity contribution in [3.63, 3.8) is 0 Å². The normalized spacial score (nSPS) is 19.5. The summed E-state index contributed by atoms with van der Waals surface area (Å²) in [5.41, 5.74) is 0.998. The average Bonchev–Trinajstić information content (AvgIpc) is 3.48. The lowest BCUT2D eigenvalue weighted by molar-refractivity contribution is -0.120. The molecule has 1 amide bonds. The first-order valence-electron chi connectivity index (χ1n) is 11.1. The number of furan rings is 1. The van der Waals surface area contributed by atoms with Crippen molar-refractivity contribution in [2.75, 3.05) is 7.11 Å². The molecule has 0 radical (unpaired) electrons. The maximum atomic E-state index is 12.7. The molecule has 170 valence electrons. The smallest absolute Gasteiger partial charge is 0.233 e. The van der Waals surface area contributed by atoms with E-state index in [2.05, 4.69) is 27.0 Å². The monoisotopic (exact) mass is 454 g/mol. The number of aromatic nitrogens is 3. The van der Waals surface area contributed by atoms with Crippen molar-refractivity contribution in [3.8, 4) is 17.1 Å². The van der Waals surface area contributed by atoms with E-state index in [4.69, 9.17) is 9.15 Å². The van der Waals surface area contributed by atoms with E-state index < -0.39 is 0 Å². The van der Waals surface area contributed by atoms with E-state index in [0.29, 0.717) is 18.5 Å². The highest BCUT2D eigenvalue weighted by Crippen LogP contribution is 2.39. The molecule has 32 heavy (non-hydrogen) atoms. The number of thioether (sulfide) groups is 1. The van der Waals surface area contributed by atoms with Gasteiger partial charge in [0, 0.05) is 11.6 Å². The molecular formula is C24H30N4O3S. The Labute approximate surface area is 192 Å². The van der Waals surface area contributed by atoms with Gasteiger partial charge in [-0.2, -0.15) is 0 Å². The standard InChI is InChI=1S/C24H30N4O3S/c1-16-7-4-5-9-21(16)28-22(18-10-12-19(30-3)13-11-18)26-27-24(28)32-17(2)23(29)25-15-20-8-6-14-31-20/h6,8,10-14,16-17,21H,4-5,7,9,15H2,1-3H3,(H,25,29)/t16-,17-,21-/m1/s1. The molecule has 3 aromatic rings. The molecule has 1 aromatic carbocycles. The minimum atomic E-state index is -0.310. The average molecular weight is 455 g/mol. The van der Waals surface area contributed by atoms with Crippen LogP contribution < -0.4 is 10.1 Å². The molecule has 2 heterocycles. The van der Waals surface area contributed by atoms with Gasteiger partial charge in [-0.05, 0) is 62.1 Å². The molecule has 1 aliphatic carbocycles. The minimum Gasteiger partial charge on any atom is -0.497 e. The first-order chi connectivity index (χ1) is 15.6. The Morgan fingerprint density at radius 3 is 2.72 bits per heavy atom. The maximum absolute atomic E-state index is 12.7. The van der Waals surface area contributed by atoms with Gasteiger partial charge in [0.15, 0.2) is 11.0 Å². The summed E-state index contributed by atoms with van der Waals surface area (Å²) >= 11 is 1.46. The van der Waals surface area contributed by atoms with Crippen LogP contribution in [0.15, 0.2) is 52.2 Å². The number of hydrogen-bond donors (Lipinski definition) is 1. The van der Waals surface area contributed by atoms with E-state index in [9.17, 15) is 4.79 Å². The van der Waals surface area contributed by atoms with Crippen molar-refractivity contribution in [2.24, 2.45) is 5.92 Å². The summed E-state index contributed by atoms with van der Waals surface area (Å²) in [6.45, 7) is 4.58. The molecule has 0 bridgehead atoms. The summed E-state index contributed by atoms with van der Waals surface area (Å²) in [4.78, 5) is 12.7. The molecule has 1 saturated carbocycles. The van der Waals surface area contributed by atoms with Crippen LogP contribution in [-0.4, -0.2) is 33.0 Å². The molecule has 0 unspecified atom stereocenters. The third-order valence-electron chi connectivity index (χ3n) is 6.08. The molecule has 1 aliphatic rings. The zero-order valence-corrected chi connectivity index (χ0v) is 19.6. The summed E-state index contributed by atoms with van der Waals surface area (Å²) in [6.07, 6.45) is 6.33. The second-order valence-electron chi connectivity index (χ2n) is 8.29. The van der Waals surface area contributed by atoms with Crippen LogP contribution in [0.2, 0.25) is 0 Å². The number of methoxy groups -OCH3 is 1. The van der Waals surface area contributed by atoms with Gasteiger partial charge in [0.05, 0.1) is 25.2 Å². The summed E-state index contributed by atoms with van der Waals surface area (Å²) in [7, 11) is 1.66. The Hall–Kier alpha value is -2.74. The van der Waals surface area contributed by atoms with Crippen molar-refractivity contribution in [1.82, 2.24) is 20.1 Å². The van der Waals surface area contributed by atoms with Gasteiger partial charge in [0.25, 0.3) is 0 Å². The molecule has 0 saturated heterocycles. The lowest BCUT2D eigenvalue weighted by Gasteiger charge is -2.31. The van der Waals surface area contributed by atoms with Crippen molar-refractivity contribution in [2.45, 2.75) is 62.5 Å². The van der Waals surface area contributed by atoms with Crippen molar-refractivity contribution in [3.05, 3.63) is 48.4 Å². The predicted octanol–water partition coefficient (Wildman–Crippen LogP) is 5.09. The van der Waals surface area contributed by atoms with Crippen molar-refractivity contribution < 1.29 is 13.9 Å². The number of carbonyl (C=O) groups excluding carboxylic acids is 1. The van der Waals surface area contributed by atoms with Crippen molar-refractivity contribution in [1.29, 1.82) is 0 Å². The van der Waals surface area contributed by atoms with Gasteiger partial charge in [-0.15, -0.1) is 10.2 Å². The van der Waals surface area contributed by atoms with Gasteiger partial charge in [-0.1, -0.05) is 31.5 Å². The van der Waals surface area contributed by atoms with E-state index >= 15 is 0 Å². The zero-order chi connectivity index (χ0) is 22.5. The summed E-state index contributed by atoms with van der Waals surface area (Å²) in [5.74, 6) is 2.86. The molecular weight excluding hydrogens is 424 g/mol. The van der Waals surface area contributed by atoms with Gasteiger partial charge in [0.1, 0.15) is 11.5 Å². The van der Waals surface area contributed by atoms with Gasteiger partial charge < -0.3 is 14.5 Å². The SMILES string of the molecule is COc1ccc(-c2nnc(S[C@H](C)C(=O)NCc3ccco3)n2[C@@H]2CCCC[C@H]2C)cc1. The Kier molecular flexibility index (Phi) is 7.19. The second kappa shape index (κ2) is 10.3. The van der Waals surface area contributed by atoms with Gasteiger partial charge in [0.2, 0.25) is 5.91 Å². The molecule has 1 N–H and O–H groups in total. The van der Waals surface area contributed by atoms with Crippen LogP contribution in [0.25, 0.3) is 11.4 Å². The van der Waals surface area contributed by atoms with E-state index in [1.807, 2.05) is 43.3 Å².